The molecular weight excluding hydrogens is 412 g/mol. The summed E-state index contributed by atoms with van der Waals surface area (Å²) in [6, 6.07) is 14.3. The van der Waals surface area contributed by atoms with Gasteiger partial charge in [0.2, 0.25) is 0 Å². The molecule has 0 aliphatic carbocycles. The van der Waals surface area contributed by atoms with Crippen LogP contribution in [0.15, 0.2) is 59.2 Å². The smallest absolute Gasteiger partial charge is 0.264 e. The van der Waals surface area contributed by atoms with E-state index in [-0.39, 0.29) is 12.5 Å². The molecule has 29 heavy (non-hydrogen) atoms. The second-order valence-corrected chi connectivity index (χ2v) is 7.51. The summed E-state index contributed by atoms with van der Waals surface area (Å²) in [6.07, 6.45) is 1.57. The van der Waals surface area contributed by atoms with Gasteiger partial charge in [-0.05, 0) is 36.4 Å². The van der Waals surface area contributed by atoms with E-state index < -0.39 is 0 Å². The molecule has 2 aromatic carbocycles. The zero-order valence-electron chi connectivity index (χ0n) is 15.7. The number of aromatic nitrogens is 1. The molecule has 8 heteroatoms. The fourth-order valence-electron chi connectivity index (χ4n) is 3.00. The lowest BCUT2D eigenvalue weighted by Crippen LogP contribution is -2.30. The first-order valence-corrected chi connectivity index (χ1v) is 9.92. The molecule has 0 unspecified atom stereocenters. The minimum absolute atomic E-state index is 0.212. The number of carbonyl (C=O) groups excluding carboxylic acids is 1. The van der Waals surface area contributed by atoms with Crippen LogP contribution in [0.25, 0.3) is 10.2 Å². The van der Waals surface area contributed by atoms with E-state index in [1.165, 1.54) is 25.6 Å². The van der Waals surface area contributed by atoms with Crippen molar-refractivity contribution in [3.63, 3.8) is 0 Å². The van der Waals surface area contributed by atoms with Crippen molar-refractivity contribution in [1.29, 1.82) is 0 Å². The Labute approximate surface area is 176 Å². The van der Waals surface area contributed by atoms with Crippen LogP contribution in [-0.4, -0.2) is 25.1 Å². The normalized spacial score (nSPS) is 10.9. The predicted octanol–water partition coefficient (Wildman–Crippen LogP) is 5.41. The summed E-state index contributed by atoms with van der Waals surface area (Å²) in [6.45, 7) is 0.212. The molecule has 0 atom stereocenters. The lowest BCUT2D eigenvalue weighted by molar-refractivity contribution is 0.0979. The Morgan fingerprint density at radius 3 is 2.66 bits per heavy atom. The maximum Gasteiger partial charge on any atom is 0.264 e. The molecule has 0 bridgehead atoms. The highest BCUT2D eigenvalue weighted by molar-refractivity contribution is 7.22. The average Bonchev–Trinajstić information content (AvgIpc) is 3.41. The molecule has 148 valence electrons. The van der Waals surface area contributed by atoms with Gasteiger partial charge < -0.3 is 13.9 Å². The summed E-state index contributed by atoms with van der Waals surface area (Å²) in [7, 11) is 3.03. The van der Waals surface area contributed by atoms with Gasteiger partial charge in [-0.3, -0.25) is 9.69 Å². The average molecular weight is 429 g/mol. The summed E-state index contributed by atoms with van der Waals surface area (Å²) < 4.78 is 17.2. The van der Waals surface area contributed by atoms with E-state index in [1.54, 1.807) is 41.5 Å². The molecule has 2 heterocycles. The number of benzene rings is 2. The number of thiazole rings is 1. The minimum atomic E-state index is -0.285. The molecule has 4 aromatic rings. The van der Waals surface area contributed by atoms with E-state index >= 15 is 0 Å². The van der Waals surface area contributed by atoms with Gasteiger partial charge in [-0.1, -0.05) is 35.1 Å². The van der Waals surface area contributed by atoms with Crippen LogP contribution in [0.5, 0.6) is 11.5 Å². The Hall–Kier alpha value is -3.03. The van der Waals surface area contributed by atoms with Crippen molar-refractivity contribution >= 4 is 44.2 Å². The largest absolute Gasteiger partial charge is 0.493 e. The van der Waals surface area contributed by atoms with Gasteiger partial charge in [0.15, 0.2) is 16.6 Å². The van der Waals surface area contributed by atoms with Gasteiger partial charge in [-0.25, -0.2) is 4.98 Å². The fraction of sp³-hybridized carbons (Fsp3) is 0.143. The summed E-state index contributed by atoms with van der Waals surface area (Å²) in [5.74, 6) is 1.19. The maximum atomic E-state index is 13.6. The van der Waals surface area contributed by atoms with Crippen LogP contribution >= 0.6 is 22.9 Å². The van der Waals surface area contributed by atoms with Gasteiger partial charge in [-0.15, -0.1) is 0 Å². The Morgan fingerprint density at radius 2 is 1.97 bits per heavy atom. The summed E-state index contributed by atoms with van der Waals surface area (Å²) in [5.41, 5.74) is 1.02. The summed E-state index contributed by atoms with van der Waals surface area (Å²) in [5, 5.41) is 1.05. The second-order valence-electron chi connectivity index (χ2n) is 6.09. The van der Waals surface area contributed by atoms with Crippen molar-refractivity contribution in [1.82, 2.24) is 4.98 Å². The molecule has 0 radical (unpaired) electrons. The highest BCUT2D eigenvalue weighted by Gasteiger charge is 2.27. The SMILES string of the molecule is COc1cccc(C(=O)N(Cc2ccco2)c2nc3c(Cl)cccc3s2)c1OC. The van der Waals surface area contributed by atoms with E-state index in [4.69, 9.17) is 25.5 Å². The summed E-state index contributed by atoms with van der Waals surface area (Å²) >= 11 is 7.67. The number of halogens is 1. The van der Waals surface area contributed by atoms with E-state index in [2.05, 4.69) is 4.98 Å². The molecule has 0 aliphatic rings. The molecule has 0 fully saturated rings. The molecule has 1 amide bonds. The van der Waals surface area contributed by atoms with E-state index in [9.17, 15) is 4.79 Å². The zero-order valence-corrected chi connectivity index (χ0v) is 17.3. The zero-order chi connectivity index (χ0) is 20.4. The first-order valence-electron chi connectivity index (χ1n) is 8.72. The third-order valence-electron chi connectivity index (χ3n) is 4.36. The monoisotopic (exact) mass is 428 g/mol. The summed E-state index contributed by atoms with van der Waals surface area (Å²) in [4.78, 5) is 19.7. The van der Waals surface area contributed by atoms with Gasteiger partial charge in [-0.2, -0.15) is 0 Å². The van der Waals surface area contributed by atoms with Crippen molar-refractivity contribution < 1.29 is 18.7 Å². The maximum absolute atomic E-state index is 13.6. The van der Waals surface area contributed by atoms with Crippen molar-refractivity contribution in [2.45, 2.75) is 6.54 Å². The van der Waals surface area contributed by atoms with E-state index in [1.807, 2.05) is 18.2 Å². The second kappa shape index (κ2) is 8.14. The number of furan rings is 1. The molecule has 0 aliphatic heterocycles. The number of hydrogen-bond donors (Lipinski definition) is 0. The molecule has 0 N–H and O–H groups in total. The number of rotatable bonds is 6. The Morgan fingerprint density at radius 1 is 1.14 bits per heavy atom. The van der Waals surface area contributed by atoms with E-state index in [0.717, 1.165) is 4.70 Å². The van der Waals surface area contributed by atoms with Crippen molar-refractivity contribution in [3.05, 3.63) is 71.1 Å². The third kappa shape index (κ3) is 3.66. The predicted molar refractivity (Wildman–Crippen MR) is 113 cm³/mol. The minimum Gasteiger partial charge on any atom is -0.493 e. The van der Waals surface area contributed by atoms with Crippen LogP contribution in [0, 0.1) is 0 Å². The van der Waals surface area contributed by atoms with Crippen LogP contribution in [-0.2, 0) is 6.54 Å². The highest BCUT2D eigenvalue weighted by Crippen LogP contribution is 2.37. The number of hydrogen-bond acceptors (Lipinski definition) is 6. The van der Waals surface area contributed by atoms with Crippen LogP contribution in [0.1, 0.15) is 16.1 Å². The van der Waals surface area contributed by atoms with Gasteiger partial charge in [0.25, 0.3) is 5.91 Å². The highest BCUT2D eigenvalue weighted by atomic mass is 35.5. The van der Waals surface area contributed by atoms with Crippen molar-refractivity contribution in [2.75, 3.05) is 19.1 Å². The first-order chi connectivity index (χ1) is 14.1. The van der Waals surface area contributed by atoms with Gasteiger partial charge in [0.1, 0.15) is 11.3 Å². The topological polar surface area (TPSA) is 64.8 Å². The van der Waals surface area contributed by atoms with Crippen molar-refractivity contribution in [3.8, 4) is 11.5 Å². The number of fused-ring (bicyclic) bond motifs is 1. The van der Waals surface area contributed by atoms with Crippen LogP contribution < -0.4 is 14.4 Å². The Balaban J connectivity index is 1.82. The lowest BCUT2D eigenvalue weighted by Gasteiger charge is -2.20. The number of para-hydroxylation sites is 2. The molecule has 0 spiro atoms. The molecule has 0 saturated heterocycles. The molecule has 4 rings (SSSR count). The Bertz CT molecular complexity index is 1160. The molecular formula is C21H17ClN2O4S. The number of ether oxygens (including phenoxy) is 2. The van der Waals surface area contributed by atoms with Crippen molar-refractivity contribution in [2.24, 2.45) is 0 Å². The standard InChI is InChI=1S/C21H17ClN2O4S/c1-26-16-9-3-7-14(19(16)27-2)20(25)24(12-13-6-5-11-28-13)21-23-18-15(22)8-4-10-17(18)29-21/h3-11H,12H2,1-2H3. The number of methoxy groups -OCH3 is 2. The number of amides is 1. The number of carbonyl (C=O) groups is 1. The van der Waals surface area contributed by atoms with Gasteiger partial charge >= 0.3 is 0 Å². The quantitative estimate of drug-likeness (QED) is 0.411. The van der Waals surface area contributed by atoms with Crippen LogP contribution in [0.3, 0.4) is 0 Å². The van der Waals surface area contributed by atoms with Gasteiger partial charge in [0.05, 0.1) is 42.3 Å². The van der Waals surface area contributed by atoms with Crippen LogP contribution in [0.2, 0.25) is 5.02 Å². The first kappa shape index (κ1) is 19.3. The third-order valence-corrected chi connectivity index (χ3v) is 5.71. The number of nitrogens with zero attached hydrogens (tertiary/aromatic N) is 2. The lowest BCUT2D eigenvalue weighted by atomic mass is 10.1. The Kier molecular flexibility index (Phi) is 5.42. The molecule has 2 aromatic heterocycles. The fourth-order valence-corrected chi connectivity index (χ4v) is 4.27. The van der Waals surface area contributed by atoms with Crippen LogP contribution in [0.4, 0.5) is 5.13 Å². The number of anilines is 1. The van der Waals surface area contributed by atoms with E-state index in [0.29, 0.717) is 38.5 Å². The van der Waals surface area contributed by atoms with Gasteiger partial charge in [0, 0.05) is 0 Å². The molecule has 6 nitrogen and oxygen atoms in total. The molecule has 0 saturated carbocycles.